The van der Waals surface area contributed by atoms with E-state index in [0.29, 0.717) is 24.5 Å². The average molecular weight is 407 g/mol. The summed E-state index contributed by atoms with van der Waals surface area (Å²) in [4.78, 5) is 16.9. The Balaban J connectivity index is 1.64. The molecule has 1 aromatic heterocycles. The number of aromatic nitrogens is 2. The van der Waals surface area contributed by atoms with E-state index in [-0.39, 0.29) is 0 Å². The van der Waals surface area contributed by atoms with Gasteiger partial charge in [-0.05, 0) is 36.0 Å². The Labute approximate surface area is 183 Å². The molecule has 1 aliphatic rings. The van der Waals surface area contributed by atoms with Crippen molar-refractivity contribution in [2.75, 3.05) is 0 Å². The Kier molecular flexibility index (Phi) is 5.25. The number of Topliss-reactive ketones (excluding diaryl/α,β-unsaturated/α-hetero) is 1. The van der Waals surface area contributed by atoms with Gasteiger partial charge in [-0.25, -0.2) is 4.98 Å². The van der Waals surface area contributed by atoms with Crippen LogP contribution in [0.25, 0.3) is 0 Å². The van der Waals surface area contributed by atoms with Crippen molar-refractivity contribution < 1.29 is 4.79 Å². The molecule has 0 bridgehead atoms. The van der Waals surface area contributed by atoms with E-state index >= 15 is 0 Å². The number of carbonyl (C=O) groups excluding carboxylic acids is 1. The Hall–Kier alpha value is -3.46. The van der Waals surface area contributed by atoms with Gasteiger partial charge in [-0.1, -0.05) is 91.0 Å². The van der Waals surface area contributed by atoms with Crippen LogP contribution in [-0.2, 0) is 16.8 Å². The van der Waals surface area contributed by atoms with Gasteiger partial charge in [-0.2, -0.15) is 0 Å². The molecule has 0 aliphatic heterocycles. The molecule has 0 amide bonds. The van der Waals surface area contributed by atoms with Crippen LogP contribution in [0.3, 0.4) is 0 Å². The molecule has 0 radical (unpaired) electrons. The number of ketones is 1. The minimum absolute atomic E-state index is 0.305. The van der Waals surface area contributed by atoms with Crippen LogP contribution in [0.5, 0.6) is 0 Å². The molecule has 3 nitrogen and oxygen atoms in total. The largest absolute Gasteiger partial charge is 0.319 e. The molecule has 1 saturated carbocycles. The van der Waals surface area contributed by atoms with Crippen LogP contribution < -0.4 is 0 Å². The second-order valence-electron chi connectivity index (χ2n) is 8.32. The lowest BCUT2D eigenvalue weighted by molar-refractivity contribution is -0.120. The van der Waals surface area contributed by atoms with Crippen molar-refractivity contribution in [2.45, 2.75) is 31.2 Å². The number of aryl methyl sites for hydroxylation is 1. The molecule has 31 heavy (non-hydrogen) atoms. The zero-order valence-corrected chi connectivity index (χ0v) is 17.5. The predicted molar refractivity (Wildman–Crippen MR) is 123 cm³/mol. The van der Waals surface area contributed by atoms with E-state index in [1.807, 2.05) is 24.5 Å². The fraction of sp³-hybridized carbons (Fsp3) is 0.214. The molecule has 0 saturated heterocycles. The zero-order chi connectivity index (χ0) is 21.1. The first kappa shape index (κ1) is 19.5. The zero-order valence-electron chi connectivity index (χ0n) is 17.5. The van der Waals surface area contributed by atoms with Gasteiger partial charge in [0.05, 0.1) is 12.0 Å². The number of carbonyl (C=O) groups is 1. The van der Waals surface area contributed by atoms with Crippen LogP contribution in [0, 0.1) is 5.92 Å². The van der Waals surface area contributed by atoms with Gasteiger partial charge in [0.25, 0.3) is 0 Å². The van der Waals surface area contributed by atoms with Crippen LogP contribution in [0.15, 0.2) is 104 Å². The summed E-state index contributed by atoms with van der Waals surface area (Å²) in [6, 6.07) is 31.7. The summed E-state index contributed by atoms with van der Waals surface area (Å²) in [6.45, 7) is 0. The van der Waals surface area contributed by atoms with Gasteiger partial charge in [0.1, 0.15) is 11.3 Å². The number of rotatable bonds is 8. The smallest absolute Gasteiger partial charge is 0.136 e. The van der Waals surface area contributed by atoms with E-state index in [2.05, 4.69) is 83.6 Å². The standard InChI is InChI=1S/C28H26N2O/c31-27(22-16-17-22)19-18-26-20-30(21-29-26)28(23-10-4-1-5-11-23,24-12-6-2-7-13-24)25-14-8-3-9-15-25/h1-15,20-22H,16-19H2. The van der Waals surface area contributed by atoms with Crippen molar-refractivity contribution in [1.82, 2.24) is 9.55 Å². The fourth-order valence-corrected chi connectivity index (χ4v) is 4.52. The highest BCUT2D eigenvalue weighted by molar-refractivity contribution is 5.83. The second-order valence-corrected chi connectivity index (χ2v) is 8.32. The number of hydrogen-bond donors (Lipinski definition) is 0. The maximum absolute atomic E-state index is 12.2. The summed E-state index contributed by atoms with van der Waals surface area (Å²) >= 11 is 0. The third-order valence-electron chi connectivity index (χ3n) is 6.26. The van der Waals surface area contributed by atoms with Crippen LogP contribution in [-0.4, -0.2) is 15.3 Å². The van der Waals surface area contributed by atoms with E-state index in [4.69, 9.17) is 4.98 Å². The molecule has 0 atom stereocenters. The lowest BCUT2D eigenvalue weighted by Crippen LogP contribution is -2.36. The molecule has 1 aliphatic carbocycles. The number of imidazole rings is 1. The second kappa shape index (κ2) is 8.35. The Morgan fingerprint density at radius 1 is 0.806 bits per heavy atom. The first-order valence-corrected chi connectivity index (χ1v) is 11.0. The summed E-state index contributed by atoms with van der Waals surface area (Å²) < 4.78 is 2.21. The third kappa shape index (κ3) is 3.72. The first-order chi connectivity index (χ1) is 15.3. The van der Waals surface area contributed by atoms with Gasteiger partial charge < -0.3 is 4.57 Å². The van der Waals surface area contributed by atoms with Gasteiger partial charge in [0, 0.05) is 18.5 Å². The predicted octanol–water partition coefficient (Wildman–Crippen LogP) is 5.64. The summed E-state index contributed by atoms with van der Waals surface area (Å²) in [5.74, 6) is 0.689. The van der Waals surface area contributed by atoms with E-state index in [0.717, 1.165) is 18.5 Å². The van der Waals surface area contributed by atoms with E-state index < -0.39 is 5.54 Å². The molecule has 5 rings (SSSR count). The van der Waals surface area contributed by atoms with Crippen LogP contribution in [0.2, 0.25) is 0 Å². The number of benzene rings is 3. The third-order valence-corrected chi connectivity index (χ3v) is 6.26. The normalized spacial score (nSPS) is 13.8. The summed E-state index contributed by atoms with van der Waals surface area (Å²) in [5, 5.41) is 0. The highest BCUT2D eigenvalue weighted by Gasteiger charge is 2.38. The van der Waals surface area contributed by atoms with Crippen molar-refractivity contribution in [1.29, 1.82) is 0 Å². The summed E-state index contributed by atoms with van der Waals surface area (Å²) in [5.41, 5.74) is 3.93. The Bertz CT molecular complexity index is 1050. The molecule has 3 heteroatoms. The minimum Gasteiger partial charge on any atom is -0.319 e. The van der Waals surface area contributed by atoms with E-state index in [9.17, 15) is 4.79 Å². The van der Waals surface area contributed by atoms with E-state index in [1.165, 1.54) is 16.7 Å². The molecule has 4 aromatic rings. The fourth-order valence-electron chi connectivity index (χ4n) is 4.52. The van der Waals surface area contributed by atoms with Crippen LogP contribution in [0.1, 0.15) is 41.6 Å². The van der Waals surface area contributed by atoms with Gasteiger partial charge in [0.15, 0.2) is 0 Å². The molecule has 1 fully saturated rings. The van der Waals surface area contributed by atoms with Crippen molar-refractivity contribution >= 4 is 5.78 Å². The average Bonchev–Trinajstić information content (AvgIpc) is 3.59. The molecule has 1 heterocycles. The van der Waals surface area contributed by atoms with Gasteiger partial charge in [0.2, 0.25) is 0 Å². The molecule has 0 spiro atoms. The first-order valence-electron chi connectivity index (χ1n) is 11.0. The Morgan fingerprint density at radius 3 is 1.74 bits per heavy atom. The van der Waals surface area contributed by atoms with Crippen molar-refractivity contribution in [3.05, 3.63) is 126 Å². The highest BCUT2D eigenvalue weighted by Crippen LogP contribution is 2.40. The minimum atomic E-state index is -0.546. The lowest BCUT2D eigenvalue weighted by atomic mass is 9.77. The molecule has 0 unspecified atom stereocenters. The molecular formula is C28H26N2O. The monoisotopic (exact) mass is 406 g/mol. The van der Waals surface area contributed by atoms with Crippen LogP contribution in [0.4, 0.5) is 0 Å². The SMILES string of the molecule is O=C(CCc1cn(C(c2ccccc2)(c2ccccc2)c2ccccc2)cn1)C1CC1. The van der Waals surface area contributed by atoms with Crippen molar-refractivity contribution in [3.8, 4) is 0 Å². The van der Waals surface area contributed by atoms with Gasteiger partial charge in [-0.15, -0.1) is 0 Å². The quantitative estimate of drug-likeness (QED) is 0.355. The summed E-state index contributed by atoms with van der Waals surface area (Å²) in [6.07, 6.45) is 7.43. The maximum Gasteiger partial charge on any atom is 0.136 e. The van der Waals surface area contributed by atoms with Crippen molar-refractivity contribution in [3.63, 3.8) is 0 Å². The summed E-state index contributed by atoms with van der Waals surface area (Å²) in [7, 11) is 0. The van der Waals surface area contributed by atoms with Gasteiger partial charge in [-0.3, -0.25) is 4.79 Å². The molecule has 154 valence electrons. The molecule has 0 N–H and O–H groups in total. The topological polar surface area (TPSA) is 34.9 Å². The van der Waals surface area contributed by atoms with Crippen LogP contribution >= 0.6 is 0 Å². The number of hydrogen-bond acceptors (Lipinski definition) is 2. The van der Waals surface area contributed by atoms with Crippen molar-refractivity contribution in [2.24, 2.45) is 5.92 Å². The molecule has 3 aromatic carbocycles. The Morgan fingerprint density at radius 2 is 1.29 bits per heavy atom. The lowest BCUT2D eigenvalue weighted by Gasteiger charge is -2.37. The maximum atomic E-state index is 12.2. The van der Waals surface area contributed by atoms with Gasteiger partial charge >= 0.3 is 0 Å². The molecular weight excluding hydrogens is 380 g/mol. The highest BCUT2D eigenvalue weighted by atomic mass is 16.1. The van der Waals surface area contributed by atoms with E-state index in [1.54, 1.807) is 0 Å². The number of nitrogens with zero attached hydrogens (tertiary/aromatic N) is 2.